The lowest BCUT2D eigenvalue weighted by Crippen LogP contribution is -2.45. The van der Waals surface area contributed by atoms with Crippen LogP contribution in [-0.4, -0.2) is 47.4 Å². The van der Waals surface area contributed by atoms with E-state index in [9.17, 15) is 19.8 Å². The molecule has 3 N–H and O–H groups in total. The molecule has 0 spiro atoms. The first kappa shape index (κ1) is 67.1. The summed E-state index contributed by atoms with van der Waals surface area (Å²) in [5.74, 6) is -0.0640. The minimum Gasteiger partial charge on any atom is -0.466 e. The first-order valence-electron chi connectivity index (χ1n) is 30.8. The van der Waals surface area contributed by atoms with Crippen LogP contribution in [0.15, 0.2) is 36.5 Å². The number of nitrogens with one attached hydrogen (secondary N) is 1. The number of aliphatic hydroxyl groups is 2. The van der Waals surface area contributed by atoms with Crippen LogP contribution in [0.25, 0.3) is 0 Å². The van der Waals surface area contributed by atoms with Crippen LogP contribution >= 0.6 is 0 Å². The lowest BCUT2D eigenvalue weighted by molar-refractivity contribution is -0.143. The molecular weight excluding hydrogens is 851 g/mol. The normalized spacial score (nSPS) is 12.8. The molecule has 406 valence electrons. The van der Waals surface area contributed by atoms with Crippen molar-refractivity contribution in [2.45, 2.75) is 341 Å². The standard InChI is InChI=1S/C63H119NO5/c1-3-5-7-9-11-13-15-17-19-20-24-28-31-35-39-43-47-51-55-61(66)60(59-65)64-62(67)56-52-48-44-40-36-32-29-25-22-21-23-26-30-34-38-42-46-50-54-58-69-63(68)57-53-49-45-41-37-33-27-18-16-14-12-10-8-6-4-2/h18,26-27,30,34,38,60-61,65-66H,3-17,19-25,28-29,31-33,35-37,39-59H2,1-2H3,(H,64,67)/b27-18-,30-26-,38-34-. The summed E-state index contributed by atoms with van der Waals surface area (Å²) in [6.07, 6.45) is 72.9. The third-order valence-corrected chi connectivity index (χ3v) is 14.2. The van der Waals surface area contributed by atoms with Gasteiger partial charge in [-0.05, 0) is 83.5 Å². The van der Waals surface area contributed by atoms with Gasteiger partial charge in [-0.25, -0.2) is 0 Å². The molecule has 0 aliphatic carbocycles. The number of amides is 1. The molecule has 0 radical (unpaired) electrons. The average molecular weight is 971 g/mol. The highest BCUT2D eigenvalue weighted by molar-refractivity contribution is 5.76. The quantitative estimate of drug-likeness (QED) is 0.0244. The summed E-state index contributed by atoms with van der Waals surface area (Å²) in [5, 5.41) is 23.3. The van der Waals surface area contributed by atoms with Gasteiger partial charge in [-0.3, -0.25) is 9.59 Å². The highest BCUT2D eigenvalue weighted by Crippen LogP contribution is 2.17. The zero-order chi connectivity index (χ0) is 50.0. The van der Waals surface area contributed by atoms with Crippen LogP contribution < -0.4 is 5.32 Å². The maximum Gasteiger partial charge on any atom is 0.305 e. The summed E-state index contributed by atoms with van der Waals surface area (Å²) in [7, 11) is 0. The van der Waals surface area contributed by atoms with Crippen molar-refractivity contribution in [1.29, 1.82) is 0 Å². The number of hydrogen-bond acceptors (Lipinski definition) is 5. The lowest BCUT2D eigenvalue weighted by Gasteiger charge is -2.22. The number of rotatable bonds is 57. The van der Waals surface area contributed by atoms with Crippen LogP contribution in [-0.2, 0) is 14.3 Å². The van der Waals surface area contributed by atoms with Gasteiger partial charge in [-0.15, -0.1) is 0 Å². The minimum absolute atomic E-state index is 0.0210. The maximum absolute atomic E-state index is 12.5. The first-order chi connectivity index (χ1) is 34.0. The summed E-state index contributed by atoms with van der Waals surface area (Å²) >= 11 is 0. The topological polar surface area (TPSA) is 95.9 Å². The Hall–Kier alpha value is -1.92. The largest absolute Gasteiger partial charge is 0.466 e. The second-order valence-electron chi connectivity index (χ2n) is 21.1. The molecule has 6 nitrogen and oxygen atoms in total. The molecule has 0 fully saturated rings. The fraction of sp³-hybridized carbons (Fsp3) is 0.873. The zero-order valence-corrected chi connectivity index (χ0v) is 46.3. The van der Waals surface area contributed by atoms with Gasteiger partial charge >= 0.3 is 5.97 Å². The Labute approximate surface area is 430 Å². The van der Waals surface area contributed by atoms with Gasteiger partial charge in [0.1, 0.15) is 0 Å². The number of ether oxygens (including phenoxy) is 1. The predicted octanol–water partition coefficient (Wildman–Crippen LogP) is 19.2. The van der Waals surface area contributed by atoms with Gasteiger partial charge in [0.15, 0.2) is 0 Å². The maximum atomic E-state index is 12.5. The Morgan fingerprint density at radius 3 is 1.12 bits per heavy atom. The summed E-state index contributed by atoms with van der Waals surface area (Å²) < 4.78 is 5.45. The van der Waals surface area contributed by atoms with E-state index in [1.807, 2.05) is 0 Å². The molecule has 0 aromatic heterocycles. The Balaban J connectivity index is 3.48. The van der Waals surface area contributed by atoms with Crippen LogP contribution in [0, 0.1) is 0 Å². The molecule has 2 atom stereocenters. The van der Waals surface area contributed by atoms with Crippen molar-refractivity contribution >= 4 is 11.9 Å². The number of aliphatic hydroxyl groups excluding tert-OH is 2. The Kier molecular flexibility index (Phi) is 57.0. The van der Waals surface area contributed by atoms with Crippen molar-refractivity contribution in [1.82, 2.24) is 5.32 Å². The Bertz CT molecular complexity index is 1120. The first-order valence-corrected chi connectivity index (χ1v) is 30.8. The number of carbonyl (C=O) groups is 2. The van der Waals surface area contributed by atoms with Crippen molar-refractivity contribution in [3.63, 3.8) is 0 Å². The van der Waals surface area contributed by atoms with E-state index >= 15 is 0 Å². The van der Waals surface area contributed by atoms with E-state index in [0.717, 1.165) is 70.6 Å². The second kappa shape index (κ2) is 58.6. The van der Waals surface area contributed by atoms with Crippen molar-refractivity contribution in [2.24, 2.45) is 0 Å². The van der Waals surface area contributed by atoms with E-state index in [1.54, 1.807) is 0 Å². The molecule has 69 heavy (non-hydrogen) atoms. The van der Waals surface area contributed by atoms with Crippen molar-refractivity contribution in [2.75, 3.05) is 13.2 Å². The van der Waals surface area contributed by atoms with Crippen LogP contribution in [0.1, 0.15) is 328 Å². The molecule has 0 heterocycles. The third-order valence-electron chi connectivity index (χ3n) is 14.2. The van der Waals surface area contributed by atoms with Gasteiger partial charge in [0.05, 0.1) is 25.4 Å². The molecule has 2 unspecified atom stereocenters. The van der Waals surface area contributed by atoms with Gasteiger partial charge in [-0.2, -0.15) is 0 Å². The van der Waals surface area contributed by atoms with Gasteiger partial charge < -0.3 is 20.3 Å². The molecule has 0 aliphatic rings. The summed E-state index contributed by atoms with van der Waals surface area (Å²) in [4.78, 5) is 24.5. The van der Waals surface area contributed by atoms with Gasteiger partial charge in [0, 0.05) is 12.8 Å². The van der Waals surface area contributed by atoms with Gasteiger partial charge in [0.2, 0.25) is 5.91 Å². The fourth-order valence-corrected chi connectivity index (χ4v) is 9.45. The van der Waals surface area contributed by atoms with Crippen molar-refractivity contribution in [3.05, 3.63) is 36.5 Å². The molecular formula is C63H119NO5. The SMILES string of the molecule is CCCCCCCC/C=C\CCCCCCCC(=O)OCCCCC/C=C\C=C/CCCCCCCCCCCCC(=O)NC(CO)C(O)CCCCCCCCCCCCCCCCCCCC. The van der Waals surface area contributed by atoms with E-state index in [1.165, 1.54) is 225 Å². The van der Waals surface area contributed by atoms with E-state index in [-0.39, 0.29) is 18.5 Å². The van der Waals surface area contributed by atoms with Crippen LogP contribution in [0.2, 0.25) is 0 Å². The number of hydrogen-bond donors (Lipinski definition) is 3. The molecule has 0 rings (SSSR count). The number of esters is 1. The predicted molar refractivity (Wildman–Crippen MR) is 301 cm³/mol. The summed E-state index contributed by atoms with van der Waals surface area (Å²) in [5.41, 5.74) is 0. The average Bonchev–Trinajstić information content (AvgIpc) is 3.35. The van der Waals surface area contributed by atoms with Gasteiger partial charge in [-0.1, -0.05) is 269 Å². The van der Waals surface area contributed by atoms with E-state index < -0.39 is 12.1 Å². The highest BCUT2D eigenvalue weighted by Gasteiger charge is 2.20. The molecule has 0 aromatic rings. The van der Waals surface area contributed by atoms with Gasteiger partial charge in [0.25, 0.3) is 0 Å². The van der Waals surface area contributed by atoms with Crippen molar-refractivity contribution in [3.8, 4) is 0 Å². The zero-order valence-electron chi connectivity index (χ0n) is 46.3. The lowest BCUT2D eigenvalue weighted by atomic mass is 10.0. The van der Waals surface area contributed by atoms with Crippen LogP contribution in [0.5, 0.6) is 0 Å². The molecule has 0 bridgehead atoms. The highest BCUT2D eigenvalue weighted by atomic mass is 16.5. The smallest absolute Gasteiger partial charge is 0.305 e. The molecule has 0 aromatic carbocycles. The van der Waals surface area contributed by atoms with Crippen molar-refractivity contribution < 1.29 is 24.5 Å². The monoisotopic (exact) mass is 970 g/mol. The molecule has 0 aliphatic heterocycles. The third kappa shape index (κ3) is 55.2. The fourth-order valence-electron chi connectivity index (χ4n) is 9.45. The molecule has 1 amide bonds. The number of allylic oxidation sites excluding steroid dienone is 6. The summed E-state index contributed by atoms with van der Waals surface area (Å²) in [6.45, 7) is 4.92. The number of carbonyl (C=O) groups excluding carboxylic acids is 2. The Morgan fingerprint density at radius 1 is 0.406 bits per heavy atom. The Morgan fingerprint density at radius 2 is 0.725 bits per heavy atom. The van der Waals surface area contributed by atoms with E-state index in [4.69, 9.17) is 4.74 Å². The minimum atomic E-state index is -0.672. The van der Waals surface area contributed by atoms with Crippen LogP contribution in [0.3, 0.4) is 0 Å². The molecule has 6 heteroatoms. The molecule has 0 saturated carbocycles. The van der Waals surface area contributed by atoms with E-state index in [2.05, 4.69) is 55.6 Å². The summed E-state index contributed by atoms with van der Waals surface area (Å²) in [6, 6.07) is -0.550. The van der Waals surface area contributed by atoms with Crippen LogP contribution in [0.4, 0.5) is 0 Å². The second-order valence-corrected chi connectivity index (χ2v) is 21.1. The molecule has 0 saturated heterocycles. The van der Waals surface area contributed by atoms with E-state index in [0.29, 0.717) is 25.9 Å². The number of unbranched alkanes of at least 4 members (excludes halogenated alkanes) is 41.